The monoisotopic (exact) mass is 381 g/mol. The maximum Gasteiger partial charge on any atom is 0.313 e. The third-order valence-electron chi connectivity index (χ3n) is 4.80. The maximum absolute atomic E-state index is 12.8. The van der Waals surface area contributed by atoms with Crippen molar-refractivity contribution in [2.45, 2.75) is 25.3 Å². The molecule has 0 bridgehead atoms. The van der Waals surface area contributed by atoms with E-state index < -0.39 is 17.7 Å². The van der Waals surface area contributed by atoms with E-state index in [0.717, 1.165) is 30.5 Å². The summed E-state index contributed by atoms with van der Waals surface area (Å²) < 4.78 is 0. The molecule has 1 aliphatic heterocycles. The van der Waals surface area contributed by atoms with Gasteiger partial charge in [-0.05, 0) is 43.0 Å². The summed E-state index contributed by atoms with van der Waals surface area (Å²) in [6.45, 7) is 0.514. The van der Waals surface area contributed by atoms with Crippen LogP contribution in [0, 0.1) is 0 Å². The topological polar surface area (TPSA) is 117 Å². The van der Waals surface area contributed by atoms with Crippen LogP contribution in [0.2, 0.25) is 0 Å². The Hall–Kier alpha value is -3.42. The first kappa shape index (κ1) is 19.3. The highest BCUT2D eigenvalue weighted by atomic mass is 16.2. The van der Waals surface area contributed by atoms with Crippen molar-refractivity contribution in [2.75, 3.05) is 24.2 Å². The van der Waals surface area contributed by atoms with E-state index in [9.17, 15) is 14.4 Å². The summed E-state index contributed by atoms with van der Waals surface area (Å²) in [5, 5.41) is 5.61. The second-order valence-corrected chi connectivity index (χ2v) is 6.67. The third kappa shape index (κ3) is 4.28. The molecule has 0 radical (unpaired) electrons. The van der Waals surface area contributed by atoms with E-state index in [2.05, 4.69) is 15.6 Å². The molecule has 28 heavy (non-hydrogen) atoms. The molecular formula is C20H23N5O3. The third-order valence-corrected chi connectivity index (χ3v) is 4.80. The van der Waals surface area contributed by atoms with Crippen LogP contribution < -0.4 is 16.4 Å². The summed E-state index contributed by atoms with van der Waals surface area (Å²) in [5.41, 5.74) is 7.58. The molecular weight excluding hydrogens is 358 g/mol. The van der Waals surface area contributed by atoms with E-state index in [1.807, 2.05) is 31.3 Å². The summed E-state index contributed by atoms with van der Waals surface area (Å²) in [6, 6.07) is 9.08. The zero-order valence-electron chi connectivity index (χ0n) is 15.6. The van der Waals surface area contributed by atoms with Gasteiger partial charge in [0.15, 0.2) is 0 Å². The first-order valence-electron chi connectivity index (χ1n) is 9.14. The van der Waals surface area contributed by atoms with Crippen LogP contribution in [0.25, 0.3) is 0 Å². The zero-order chi connectivity index (χ0) is 20.1. The molecule has 3 amide bonds. The second kappa shape index (κ2) is 8.51. The first-order chi connectivity index (χ1) is 13.5. The maximum atomic E-state index is 12.8. The van der Waals surface area contributed by atoms with E-state index in [4.69, 9.17) is 5.73 Å². The summed E-state index contributed by atoms with van der Waals surface area (Å²) in [4.78, 5) is 42.1. The van der Waals surface area contributed by atoms with Crippen molar-refractivity contribution < 1.29 is 14.4 Å². The normalized spacial score (nSPS) is 16.3. The van der Waals surface area contributed by atoms with Crippen molar-refractivity contribution in [1.29, 1.82) is 0 Å². The summed E-state index contributed by atoms with van der Waals surface area (Å²) >= 11 is 0. The van der Waals surface area contributed by atoms with E-state index in [1.54, 1.807) is 4.90 Å². The number of nitrogens with zero attached hydrogens (tertiary/aromatic N) is 2. The Labute approximate surface area is 163 Å². The Morgan fingerprint density at radius 3 is 2.71 bits per heavy atom. The van der Waals surface area contributed by atoms with Crippen LogP contribution in [0.4, 0.5) is 11.4 Å². The standard InChI is InChI=1S/C20H23N5O3/c1-22-15-6-4-5-13(9-15)17-7-2-3-8-25(17)20(28)19(27)24-16-10-14(18(21)26)11-23-12-16/h4-6,9-12,17,22H,2-3,7-8H2,1H3,(H2,21,26)(H,24,27)/t17-/m1/s1. The van der Waals surface area contributed by atoms with Crippen LogP contribution in [0.5, 0.6) is 0 Å². The van der Waals surface area contributed by atoms with Crippen molar-refractivity contribution in [3.8, 4) is 0 Å². The number of aromatic nitrogens is 1. The lowest BCUT2D eigenvalue weighted by atomic mass is 9.94. The Balaban J connectivity index is 1.77. The number of amides is 3. The van der Waals surface area contributed by atoms with Crippen molar-refractivity contribution in [3.05, 3.63) is 53.9 Å². The predicted molar refractivity (Wildman–Crippen MR) is 106 cm³/mol. The lowest BCUT2D eigenvalue weighted by molar-refractivity contribution is -0.145. The number of primary amides is 1. The number of rotatable bonds is 4. The van der Waals surface area contributed by atoms with Crippen LogP contribution in [-0.2, 0) is 9.59 Å². The minimum atomic E-state index is -0.764. The van der Waals surface area contributed by atoms with E-state index in [0.29, 0.717) is 6.54 Å². The van der Waals surface area contributed by atoms with Crippen LogP contribution in [0.3, 0.4) is 0 Å². The van der Waals surface area contributed by atoms with E-state index in [1.165, 1.54) is 18.5 Å². The number of hydrogen-bond donors (Lipinski definition) is 3. The number of benzene rings is 1. The molecule has 0 unspecified atom stereocenters. The van der Waals surface area contributed by atoms with Gasteiger partial charge in [-0.25, -0.2) is 0 Å². The molecule has 0 aliphatic carbocycles. The number of likely N-dealkylation sites (tertiary alicyclic amines) is 1. The number of piperidine rings is 1. The number of nitrogens with one attached hydrogen (secondary N) is 2. The van der Waals surface area contributed by atoms with Crippen LogP contribution in [-0.4, -0.2) is 41.2 Å². The zero-order valence-corrected chi connectivity index (χ0v) is 15.6. The lowest BCUT2D eigenvalue weighted by Crippen LogP contribution is -2.44. The predicted octanol–water partition coefficient (Wildman–Crippen LogP) is 1.91. The average molecular weight is 381 g/mol. The summed E-state index contributed by atoms with van der Waals surface area (Å²) in [6.07, 6.45) is 5.30. The van der Waals surface area contributed by atoms with Crippen LogP contribution in [0.1, 0.15) is 41.2 Å². The van der Waals surface area contributed by atoms with E-state index >= 15 is 0 Å². The molecule has 4 N–H and O–H groups in total. The minimum Gasteiger partial charge on any atom is -0.388 e. The van der Waals surface area contributed by atoms with Crippen LogP contribution in [0.15, 0.2) is 42.7 Å². The molecule has 2 heterocycles. The van der Waals surface area contributed by atoms with Gasteiger partial charge >= 0.3 is 11.8 Å². The van der Waals surface area contributed by atoms with Gasteiger partial charge in [-0.1, -0.05) is 12.1 Å². The van der Waals surface area contributed by atoms with E-state index in [-0.39, 0.29) is 17.3 Å². The fourth-order valence-corrected chi connectivity index (χ4v) is 3.38. The van der Waals surface area contributed by atoms with Gasteiger partial charge in [0.05, 0.1) is 23.5 Å². The number of nitrogens with two attached hydrogens (primary N) is 1. The van der Waals surface area contributed by atoms with Crippen molar-refractivity contribution >= 4 is 29.1 Å². The van der Waals surface area contributed by atoms with Crippen molar-refractivity contribution in [3.63, 3.8) is 0 Å². The molecule has 1 atom stereocenters. The molecule has 3 rings (SSSR count). The number of pyridine rings is 1. The fourth-order valence-electron chi connectivity index (χ4n) is 3.38. The van der Waals surface area contributed by atoms with Gasteiger partial charge < -0.3 is 21.3 Å². The summed E-state index contributed by atoms with van der Waals surface area (Å²) in [7, 11) is 1.84. The highest BCUT2D eigenvalue weighted by Crippen LogP contribution is 2.32. The minimum absolute atomic E-state index is 0.157. The fraction of sp³-hybridized carbons (Fsp3) is 0.300. The molecule has 8 heteroatoms. The van der Waals surface area contributed by atoms with Crippen molar-refractivity contribution in [2.24, 2.45) is 5.73 Å². The molecule has 2 aromatic rings. The molecule has 1 fully saturated rings. The Morgan fingerprint density at radius 2 is 1.96 bits per heavy atom. The van der Waals surface area contributed by atoms with Crippen molar-refractivity contribution in [1.82, 2.24) is 9.88 Å². The molecule has 0 spiro atoms. The molecule has 1 aliphatic rings. The van der Waals surface area contributed by atoms with Gasteiger partial charge in [0, 0.05) is 25.5 Å². The number of hydrogen-bond acceptors (Lipinski definition) is 5. The summed E-state index contributed by atoms with van der Waals surface area (Å²) in [5.74, 6) is -2.03. The Kier molecular flexibility index (Phi) is 5.88. The average Bonchev–Trinajstić information content (AvgIpc) is 2.73. The second-order valence-electron chi connectivity index (χ2n) is 6.67. The molecule has 8 nitrogen and oxygen atoms in total. The highest BCUT2D eigenvalue weighted by Gasteiger charge is 2.32. The van der Waals surface area contributed by atoms with Crippen LogP contribution >= 0.6 is 0 Å². The molecule has 146 valence electrons. The molecule has 1 aromatic heterocycles. The largest absolute Gasteiger partial charge is 0.388 e. The lowest BCUT2D eigenvalue weighted by Gasteiger charge is -2.35. The molecule has 1 saturated heterocycles. The van der Waals surface area contributed by atoms with Gasteiger partial charge in [0.1, 0.15) is 0 Å². The first-order valence-corrected chi connectivity index (χ1v) is 9.14. The Bertz CT molecular complexity index is 899. The van der Waals surface area contributed by atoms with Gasteiger partial charge in [0.2, 0.25) is 5.91 Å². The highest BCUT2D eigenvalue weighted by molar-refractivity contribution is 6.39. The quantitative estimate of drug-likeness (QED) is 0.700. The number of anilines is 2. The van der Waals surface area contributed by atoms with Gasteiger partial charge in [-0.15, -0.1) is 0 Å². The van der Waals surface area contributed by atoms with Gasteiger partial charge in [-0.3, -0.25) is 19.4 Å². The Morgan fingerprint density at radius 1 is 1.14 bits per heavy atom. The molecule has 0 saturated carbocycles. The van der Waals surface area contributed by atoms with Gasteiger partial charge in [-0.2, -0.15) is 0 Å². The smallest absolute Gasteiger partial charge is 0.313 e. The SMILES string of the molecule is CNc1cccc([C@H]2CCCCN2C(=O)C(=O)Nc2cncc(C(N)=O)c2)c1. The number of carbonyl (C=O) groups excluding carboxylic acids is 3. The van der Waals surface area contributed by atoms with Gasteiger partial charge in [0.25, 0.3) is 0 Å². The number of carbonyl (C=O) groups is 3. The molecule has 1 aromatic carbocycles.